The van der Waals surface area contributed by atoms with Gasteiger partial charge in [0, 0.05) is 18.2 Å². The van der Waals surface area contributed by atoms with Crippen LogP contribution in [0.5, 0.6) is 0 Å². The number of sulfonamides is 1. The van der Waals surface area contributed by atoms with Crippen molar-refractivity contribution in [3.8, 4) is 0 Å². The van der Waals surface area contributed by atoms with Gasteiger partial charge < -0.3 is 10.8 Å². The Balaban J connectivity index is 1.97. The summed E-state index contributed by atoms with van der Waals surface area (Å²) in [4.78, 5) is 10.8. The number of aliphatic carboxylic acids is 1. The van der Waals surface area contributed by atoms with Crippen LogP contribution in [0.3, 0.4) is 0 Å². The molecule has 0 amide bonds. The minimum Gasteiger partial charge on any atom is -0.478 e. The Morgan fingerprint density at radius 2 is 1.67 bits per heavy atom. The number of carboxylic acid groups (broad SMARTS) is 1. The molecule has 0 aliphatic rings. The average Bonchev–Trinajstić information content (AvgIpc) is 2.61. The molecule has 0 saturated carbocycles. The summed E-state index contributed by atoms with van der Waals surface area (Å²) in [7, 11) is -3.64. The highest BCUT2D eigenvalue weighted by molar-refractivity contribution is 7.89. The highest BCUT2D eigenvalue weighted by atomic mass is 32.2. The second kappa shape index (κ2) is 8.61. The van der Waals surface area contributed by atoms with Crippen molar-refractivity contribution in [2.24, 2.45) is 5.73 Å². The van der Waals surface area contributed by atoms with Gasteiger partial charge in [0.2, 0.25) is 10.0 Å². The number of nitrogen functional groups attached to an aromatic ring is 1. The van der Waals surface area contributed by atoms with Crippen LogP contribution in [0.1, 0.15) is 23.6 Å². The van der Waals surface area contributed by atoms with Crippen LogP contribution in [0.15, 0.2) is 59.5 Å². The smallest absolute Gasteiger partial charge is 0.328 e. The van der Waals surface area contributed by atoms with Gasteiger partial charge in [-0.3, -0.25) is 5.41 Å². The zero-order valence-corrected chi connectivity index (χ0v) is 15.6. The number of amidine groups is 1. The largest absolute Gasteiger partial charge is 0.478 e. The van der Waals surface area contributed by atoms with Gasteiger partial charge in [0.05, 0.1) is 4.90 Å². The summed E-state index contributed by atoms with van der Waals surface area (Å²) in [6.07, 6.45) is 1.63. The molecule has 0 unspecified atom stereocenters. The van der Waals surface area contributed by atoms with Crippen LogP contribution in [0.4, 0.5) is 0 Å². The molecule has 8 heteroatoms. The van der Waals surface area contributed by atoms with Crippen LogP contribution in [0.2, 0.25) is 0 Å². The lowest BCUT2D eigenvalue weighted by Gasteiger charge is -2.08. The predicted molar refractivity (Wildman–Crippen MR) is 104 cm³/mol. The van der Waals surface area contributed by atoms with Crippen LogP contribution < -0.4 is 10.5 Å². The quantitative estimate of drug-likeness (QED) is 0.312. The van der Waals surface area contributed by atoms with Gasteiger partial charge in [-0.25, -0.2) is 17.9 Å². The number of nitrogens with one attached hydrogen (secondary N) is 2. The van der Waals surface area contributed by atoms with Gasteiger partial charge in [-0.15, -0.1) is 0 Å². The lowest BCUT2D eigenvalue weighted by atomic mass is 10.0. The molecule has 5 N–H and O–H groups in total. The van der Waals surface area contributed by atoms with E-state index in [1.807, 2.05) is 12.1 Å². The van der Waals surface area contributed by atoms with Gasteiger partial charge in [0.15, 0.2) is 0 Å². The van der Waals surface area contributed by atoms with Gasteiger partial charge in [0.1, 0.15) is 5.84 Å². The van der Waals surface area contributed by atoms with Crippen molar-refractivity contribution < 1.29 is 18.3 Å². The monoisotopic (exact) mass is 387 g/mol. The van der Waals surface area contributed by atoms with Crippen molar-refractivity contribution >= 4 is 27.4 Å². The number of hydrogen-bond donors (Lipinski definition) is 4. The third-order valence-electron chi connectivity index (χ3n) is 3.93. The van der Waals surface area contributed by atoms with Crippen LogP contribution in [-0.4, -0.2) is 31.9 Å². The zero-order chi connectivity index (χ0) is 20.0. The fourth-order valence-electron chi connectivity index (χ4n) is 2.43. The van der Waals surface area contributed by atoms with E-state index in [1.165, 1.54) is 24.3 Å². The van der Waals surface area contributed by atoms with Gasteiger partial charge in [-0.2, -0.15) is 0 Å². The summed E-state index contributed by atoms with van der Waals surface area (Å²) < 4.78 is 27.1. The van der Waals surface area contributed by atoms with Gasteiger partial charge in [-0.1, -0.05) is 24.3 Å². The molecule has 0 atom stereocenters. The van der Waals surface area contributed by atoms with E-state index >= 15 is 0 Å². The Labute approximate surface area is 158 Å². The Morgan fingerprint density at radius 3 is 2.19 bits per heavy atom. The molecule has 7 nitrogen and oxygen atoms in total. The van der Waals surface area contributed by atoms with E-state index in [9.17, 15) is 13.2 Å². The fraction of sp³-hybridized carbons (Fsp3) is 0.158. The molecule has 0 aromatic heterocycles. The SMILES string of the molecule is CC(=CC(=O)O)c1ccc(CCNS(=O)(=O)c2ccc(C(=N)N)cc2)cc1. The van der Waals surface area contributed by atoms with E-state index in [-0.39, 0.29) is 17.3 Å². The summed E-state index contributed by atoms with van der Waals surface area (Å²) in [5.74, 6) is -1.12. The maximum atomic E-state index is 12.3. The molecule has 2 rings (SSSR count). The molecule has 0 radical (unpaired) electrons. The van der Waals surface area contributed by atoms with Crippen molar-refractivity contribution in [2.75, 3.05) is 6.54 Å². The van der Waals surface area contributed by atoms with Crippen LogP contribution in [0, 0.1) is 5.41 Å². The van der Waals surface area contributed by atoms with E-state index in [1.54, 1.807) is 19.1 Å². The normalized spacial score (nSPS) is 12.0. The van der Waals surface area contributed by atoms with Crippen molar-refractivity contribution in [1.82, 2.24) is 4.72 Å². The topological polar surface area (TPSA) is 133 Å². The number of nitrogens with two attached hydrogens (primary N) is 1. The Kier molecular flexibility index (Phi) is 6.49. The standard InChI is InChI=1S/C19H21N3O4S/c1-13(12-18(23)24)15-4-2-14(3-5-15)10-11-22-27(25,26)17-8-6-16(7-9-17)19(20)21/h2-9,12,22H,10-11H2,1H3,(H3,20,21)(H,23,24). The first kappa shape index (κ1) is 20.3. The summed E-state index contributed by atoms with van der Waals surface area (Å²) in [6, 6.07) is 13.1. The Hall–Kier alpha value is -2.97. The lowest BCUT2D eigenvalue weighted by Crippen LogP contribution is -2.26. The van der Waals surface area contributed by atoms with Gasteiger partial charge >= 0.3 is 5.97 Å². The van der Waals surface area contributed by atoms with Crippen molar-refractivity contribution in [3.63, 3.8) is 0 Å². The second-order valence-corrected chi connectivity index (χ2v) is 7.72. The molecule has 142 valence electrons. The molecule has 0 saturated heterocycles. The van der Waals surface area contributed by atoms with E-state index in [4.69, 9.17) is 16.2 Å². The number of carboxylic acids is 1. The second-order valence-electron chi connectivity index (χ2n) is 5.95. The molecular weight excluding hydrogens is 366 g/mol. The molecule has 0 bridgehead atoms. The number of carbonyl (C=O) groups is 1. The van der Waals surface area contributed by atoms with E-state index in [0.717, 1.165) is 17.2 Å². The third-order valence-corrected chi connectivity index (χ3v) is 5.41. The first-order valence-electron chi connectivity index (χ1n) is 8.14. The first-order valence-corrected chi connectivity index (χ1v) is 9.62. The van der Waals surface area contributed by atoms with E-state index < -0.39 is 16.0 Å². The maximum Gasteiger partial charge on any atom is 0.328 e. The number of hydrogen-bond acceptors (Lipinski definition) is 4. The number of rotatable bonds is 8. The predicted octanol–water partition coefficient (Wildman–Crippen LogP) is 1.98. The van der Waals surface area contributed by atoms with Crippen LogP contribution in [0.25, 0.3) is 5.57 Å². The molecule has 0 heterocycles. The molecule has 27 heavy (non-hydrogen) atoms. The van der Waals surface area contributed by atoms with Crippen molar-refractivity contribution in [1.29, 1.82) is 5.41 Å². The van der Waals surface area contributed by atoms with Crippen molar-refractivity contribution in [2.45, 2.75) is 18.2 Å². The molecule has 0 fully saturated rings. The Morgan fingerprint density at radius 1 is 1.11 bits per heavy atom. The molecule has 2 aromatic rings. The minimum atomic E-state index is -3.64. The Bertz CT molecular complexity index is 963. The molecule has 0 spiro atoms. The highest BCUT2D eigenvalue weighted by Crippen LogP contribution is 2.15. The average molecular weight is 387 g/mol. The minimum absolute atomic E-state index is 0.109. The van der Waals surface area contributed by atoms with Gasteiger partial charge in [0.25, 0.3) is 0 Å². The molecule has 0 aliphatic heterocycles. The lowest BCUT2D eigenvalue weighted by molar-refractivity contribution is -0.131. The first-order chi connectivity index (χ1) is 12.7. The molecular formula is C19H21N3O4S. The molecule has 0 aliphatic carbocycles. The van der Waals surface area contributed by atoms with E-state index in [0.29, 0.717) is 17.6 Å². The fourth-order valence-corrected chi connectivity index (χ4v) is 3.46. The maximum absolute atomic E-state index is 12.3. The van der Waals surface area contributed by atoms with Crippen molar-refractivity contribution in [3.05, 3.63) is 71.3 Å². The van der Waals surface area contributed by atoms with E-state index in [2.05, 4.69) is 4.72 Å². The highest BCUT2D eigenvalue weighted by Gasteiger charge is 2.13. The zero-order valence-electron chi connectivity index (χ0n) is 14.8. The summed E-state index contributed by atoms with van der Waals surface area (Å²) >= 11 is 0. The summed E-state index contributed by atoms with van der Waals surface area (Å²) in [6.45, 7) is 1.94. The third kappa shape index (κ3) is 5.77. The summed E-state index contributed by atoms with van der Waals surface area (Å²) in [5, 5.41) is 16.1. The van der Waals surface area contributed by atoms with Crippen LogP contribution in [-0.2, 0) is 21.2 Å². The van der Waals surface area contributed by atoms with Crippen LogP contribution >= 0.6 is 0 Å². The van der Waals surface area contributed by atoms with Gasteiger partial charge in [-0.05, 0) is 54.3 Å². The summed E-state index contributed by atoms with van der Waals surface area (Å²) in [5.41, 5.74) is 8.18. The molecule has 2 aromatic carbocycles. The number of benzene rings is 2. The number of allylic oxidation sites excluding steroid dienone is 1.